The van der Waals surface area contributed by atoms with E-state index in [0.717, 1.165) is 11.3 Å². The third-order valence-corrected chi connectivity index (χ3v) is 3.45. The summed E-state index contributed by atoms with van der Waals surface area (Å²) in [5.74, 6) is 1.15. The molecule has 0 saturated heterocycles. The molecule has 0 heterocycles. The first kappa shape index (κ1) is 15.0. The highest BCUT2D eigenvalue weighted by Crippen LogP contribution is 2.30. The topological polar surface area (TPSA) is 49.7 Å². The van der Waals surface area contributed by atoms with Crippen molar-refractivity contribution in [3.63, 3.8) is 0 Å². The lowest BCUT2D eigenvalue weighted by atomic mass is 9.89. The Kier molecular flexibility index (Phi) is 5.63. The highest BCUT2D eigenvalue weighted by atomic mass is 16.5. The quantitative estimate of drug-likeness (QED) is 0.818. The molecule has 0 fully saturated rings. The molecular formula is C15H24O3. The maximum Gasteiger partial charge on any atom is 0.122 e. The van der Waals surface area contributed by atoms with Gasteiger partial charge in [0, 0.05) is 0 Å². The standard InChI is InChI=1S/C15H24O3/c1-5-18-15-7-6-14(11(3)12(15)4)10(2)8-13(17)9-16/h6-7,10,13,16-17H,5,8-9H2,1-4H3. The van der Waals surface area contributed by atoms with Crippen LogP contribution in [0.25, 0.3) is 0 Å². The fourth-order valence-electron chi connectivity index (χ4n) is 2.27. The number of hydrogen-bond acceptors (Lipinski definition) is 3. The van der Waals surface area contributed by atoms with Crippen LogP contribution in [0, 0.1) is 13.8 Å². The smallest absolute Gasteiger partial charge is 0.122 e. The summed E-state index contributed by atoms with van der Waals surface area (Å²) in [7, 11) is 0. The molecule has 0 aliphatic rings. The van der Waals surface area contributed by atoms with Crippen LogP contribution in [-0.2, 0) is 0 Å². The maximum absolute atomic E-state index is 9.51. The summed E-state index contributed by atoms with van der Waals surface area (Å²) >= 11 is 0. The van der Waals surface area contributed by atoms with Crippen LogP contribution in [0.3, 0.4) is 0 Å². The molecule has 0 aromatic heterocycles. The summed E-state index contributed by atoms with van der Waals surface area (Å²) in [6, 6.07) is 4.05. The van der Waals surface area contributed by atoms with E-state index in [1.165, 1.54) is 11.1 Å². The van der Waals surface area contributed by atoms with Crippen molar-refractivity contribution in [2.24, 2.45) is 0 Å². The summed E-state index contributed by atoms with van der Waals surface area (Å²) in [4.78, 5) is 0. The molecule has 2 atom stereocenters. The van der Waals surface area contributed by atoms with Crippen molar-refractivity contribution in [3.05, 3.63) is 28.8 Å². The van der Waals surface area contributed by atoms with E-state index in [-0.39, 0.29) is 12.5 Å². The van der Waals surface area contributed by atoms with E-state index >= 15 is 0 Å². The first-order valence-electron chi connectivity index (χ1n) is 6.53. The average Bonchev–Trinajstić information content (AvgIpc) is 2.35. The first-order chi connectivity index (χ1) is 8.51. The minimum absolute atomic E-state index is 0.181. The second-order valence-electron chi connectivity index (χ2n) is 4.81. The zero-order valence-electron chi connectivity index (χ0n) is 11.7. The third kappa shape index (κ3) is 3.47. The van der Waals surface area contributed by atoms with Gasteiger partial charge in [-0.2, -0.15) is 0 Å². The summed E-state index contributed by atoms with van der Waals surface area (Å²) in [6.07, 6.45) is -0.0728. The predicted octanol–water partition coefficient (Wildman–Crippen LogP) is 2.55. The van der Waals surface area contributed by atoms with Crippen LogP contribution in [0.15, 0.2) is 12.1 Å². The van der Waals surface area contributed by atoms with Crippen molar-refractivity contribution in [1.29, 1.82) is 0 Å². The Morgan fingerprint density at radius 2 is 1.89 bits per heavy atom. The van der Waals surface area contributed by atoms with Crippen molar-refractivity contribution < 1.29 is 14.9 Å². The summed E-state index contributed by atoms with van der Waals surface area (Å²) in [5, 5.41) is 18.4. The molecule has 102 valence electrons. The SMILES string of the molecule is CCOc1ccc(C(C)CC(O)CO)c(C)c1C. The zero-order valence-corrected chi connectivity index (χ0v) is 11.7. The second kappa shape index (κ2) is 6.76. The minimum Gasteiger partial charge on any atom is -0.494 e. The number of hydrogen-bond donors (Lipinski definition) is 2. The van der Waals surface area contributed by atoms with E-state index in [4.69, 9.17) is 9.84 Å². The van der Waals surface area contributed by atoms with Crippen molar-refractivity contribution in [2.75, 3.05) is 13.2 Å². The van der Waals surface area contributed by atoms with Crippen LogP contribution < -0.4 is 4.74 Å². The van der Waals surface area contributed by atoms with Gasteiger partial charge in [0.2, 0.25) is 0 Å². The molecule has 3 heteroatoms. The van der Waals surface area contributed by atoms with Crippen molar-refractivity contribution in [1.82, 2.24) is 0 Å². The molecule has 0 amide bonds. The van der Waals surface area contributed by atoms with Gasteiger partial charge in [0.15, 0.2) is 0 Å². The Morgan fingerprint density at radius 1 is 1.22 bits per heavy atom. The van der Waals surface area contributed by atoms with E-state index in [1.54, 1.807) is 0 Å². The van der Waals surface area contributed by atoms with Gasteiger partial charge in [0.25, 0.3) is 0 Å². The summed E-state index contributed by atoms with van der Waals surface area (Å²) < 4.78 is 5.57. The van der Waals surface area contributed by atoms with E-state index in [1.807, 2.05) is 13.0 Å². The second-order valence-corrected chi connectivity index (χ2v) is 4.81. The lowest BCUT2D eigenvalue weighted by molar-refractivity contribution is 0.0835. The van der Waals surface area contributed by atoms with E-state index in [0.29, 0.717) is 13.0 Å². The van der Waals surface area contributed by atoms with Crippen molar-refractivity contribution >= 4 is 0 Å². The lowest BCUT2D eigenvalue weighted by Crippen LogP contribution is -2.15. The van der Waals surface area contributed by atoms with Gasteiger partial charge in [-0.15, -0.1) is 0 Å². The van der Waals surface area contributed by atoms with Crippen molar-refractivity contribution in [3.8, 4) is 5.75 Å². The molecule has 1 aromatic carbocycles. The van der Waals surface area contributed by atoms with Gasteiger partial charge >= 0.3 is 0 Å². The Balaban J connectivity index is 2.93. The molecule has 2 N–H and O–H groups in total. The molecule has 0 radical (unpaired) electrons. The summed E-state index contributed by atoms with van der Waals surface area (Å²) in [6.45, 7) is 8.66. The molecule has 18 heavy (non-hydrogen) atoms. The van der Waals surface area contributed by atoms with Crippen LogP contribution >= 0.6 is 0 Å². The van der Waals surface area contributed by atoms with E-state index in [2.05, 4.69) is 26.8 Å². The first-order valence-corrected chi connectivity index (χ1v) is 6.53. The molecule has 1 aromatic rings. The largest absolute Gasteiger partial charge is 0.494 e. The Labute approximate surface area is 109 Å². The molecule has 0 aliphatic heterocycles. The molecule has 3 nitrogen and oxygen atoms in total. The monoisotopic (exact) mass is 252 g/mol. The molecule has 0 aliphatic carbocycles. The van der Waals surface area contributed by atoms with E-state index in [9.17, 15) is 5.11 Å². The highest BCUT2D eigenvalue weighted by molar-refractivity contribution is 5.44. The van der Waals surface area contributed by atoms with Crippen LogP contribution in [0.4, 0.5) is 0 Å². The Hall–Kier alpha value is -1.06. The predicted molar refractivity (Wildman–Crippen MR) is 73.2 cm³/mol. The van der Waals surface area contributed by atoms with Crippen LogP contribution in [0.5, 0.6) is 5.75 Å². The lowest BCUT2D eigenvalue weighted by Gasteiger charge is -2.20. The molecule has 0 spiro atoms. The summed E-state index contributed by atoms with van der Waals surface area (Å²) in [5.41, 5.74) is 3.57. The zero-order chi connectivity index (χ0) is 13.7. The van der Waals surface area contributed by atoms with Gasteiger partial charge in [0.1, 0.15) is 5.75 Å². The average molecular weight is 252 g/mol. The fraction of sp³-hybridized carbons (Fsp3) is 0.600. The third-order valence-electron chi connectivity index (χ3n) is 3.45. The van der Waals surface area contributed by atoms with Crippen molar-refractivity contribution in [2.45, 2.75) is 46.1 Å². The minimum atomic E-state index is -0.647. The Morgan fingerprint density at radius 3 is 2.44 bits per heavy atom. The normalized spacial score (nSPS) is 14.3. The van der Waals surface area contributed by atoms with Gasteiger partial charge in [0.05, 0.1) is 19.3 Å². The molecule has 0 saturated carbocycles. The number of aliphatic hydroxyl groups is 2. The van der Waals surface area contributed by atoms with Gasteiger partial charge in [-0.3, -0.25) is 0 Å². The number of aliphatic hydroxyl groups excluding tert-OH is 2. The fourth-order valence-corrected chi connectivity index (χ4v) is 2.27. The Bertz CT molecular complexity index is 388. The van der Waals surface area contributed by atoms with Gasteiger partial charge in [-0.05, 0) is 55.9 Å². The van der Waals surface area contributed by atoms with Crippen LogP contribution in [0.1, 0.15) is 42.9 Å². The van der Waals surface area contributed by atoms with Gasteiger partial charge < -0.3 is 14.9 Å². The van der Waals surface area contributed by atoms with Crippen LogP contribution in [-0.4, -0.2) is 29.5 Å². The number of benzene rings is 1. The van der Waals surface area contributed by atoms with E-state index < -0.39 is 6.10 Å². The molecular weight excluding hydrogens is 228 g/mol. The molecule has 1 rings (SSSR count). The molecule has 0 bridgehead atoms. The van der Waals surface area contributed by atoms with Gasteiger partial charge in [-0.25, -0.2) is 0 Å². The van der Waals surface area contributed by atoms with Crippen LogP contribution in [0.2, 0.25) is 0 Å². The molecule has 2 unspecified atom stereocenters. The van der Waals surface area contributed by atoms with Gasteiger partial charge in [-0.1, -0.05) is 13.0 Å². The maximum atomic E-state index is 9.51. The number of rotatable bonds is 6. The highest BCUT2D eigenvalue weighted by Gasteiger charge is 2.15. The number of ether oxygens (including phenoxy) is 1.